The van der Waals surface area contributed by atoms with Crippen molar-refractivity contribution in [3.05, 3.63) is 84.2 Å². The molecule has 0 atom stereocenters. The summed E-state index contributed by atoms with van der Waals surface area (Å²) in [4.78, 5) is 4.40. The largest absolute Gasteiger partial charge is 0.299 e. The van der Waals surface area contributed by atoms with Crippen molar-refractivity contribution in [2.75, 3.05) is 0 Å². The second-order valence-electron chi connectivity index (χ2n) is 5.64. The summed E-state index contributed by atoms with van der Waals surface area (Å²) in [5.74, 6) is 0. The molecular weight excluding hydrogens is 308 g/mol. The van der Waals surface area contributed by atoms with Gasteiger partial charge in [-0.1, -0.05) is 30.3 Å². The van der Waals surface area contributed by atoms with Crippen molar-refractivity contribution in [2.45, 2.75) is 0 Å². The molecule has 0 bridgehead atoms. The molecule has 25 heavy (non-hydrogen) atoms. The van der Waals surface area contributed by atoms with Crippen LogP contribution in [0.3, 0.4) is 0 Å². The van der Waals surface area contributed by atoms with Crippen molar-refractivity contribution < 1.29 is 0 Å². The molecule has 0 saturated carbocycles. The van der Waals surface area contributed by atoms with Gasteiger partial charge in [0.05, 0.1) is 34.3 Å². The molecule has 0 aliphatic rings. The summed E-state index contributed by atoms with van der Waals surface area (Å²) in [5.41, 5.74) is 5.79. The van der Waals surface area contributed by atoms with Crippen LogP contribution in [-0.2, 0) is 0 Å². The Morgan fingerprint density at radius 3 is 2.56 bits per heavy atom. The van der Waals surface area contributed by atoms with Gasteiger partial charge in [-0.25, -0.2) is 4.98 Å². The summed E-state index contributed by atoms with van der Waals surface area (Å²) < 4.78 is 1.98. The van der Waals surface area contributed by atoms with Crippen LogP contribution in [0.25, 0.3) is 27.8 Å². The van der Waals surface area contributed by atoms with E-state index in [0.29, 0.717) is 11.1 Å². The summed E-state index contributed by atoms with van der Waals surface area (Å²) in [5, 5.41) is 18.4. The number of benzene rings is 3. The number of hydrogen-bond acceptors (Lipinski definition) is 3. The normalized spacial score (nSPS) is 10.3. The van der Waals surface area contributed by atoms with Gasteiger partial charge in [0.25, 0.3) is 0 Å². The highest BCUT2D eigenvalue weighted by molar-refractivity contribution is 5.80. The summed E-state index contributed by atoms with van der Waals surface area (Å²) in [7, 11) is 0. The Kier molecular flexibility index (Phi) is 3.50. The second-order valence-corrected chi connectivity index (χ2v) is 5.64. The minimum atomic E-state index is 0.592. The molecule has 4 nitrogen and oxygen atoms in total. The van der Waals surface area contributed by atoms with E-state index in [2.05, 4.69) is 17.1 Å². The Morgan fingerprint density at radius 2 is 1.72 bits per heavy atom. The smallest absolute Gasteiger partial charge is 0.100 e. The summed E-state index contributed by atoms with van der Waals surface area (Å²) in [6.07, 6.45) is 1.75. The SMILES string of the molecule is N#Cc1ccc2c(c1)ncn2-c1cccc(-c2ccccc2C#N)c1. The third-order valence-electron chi connectivity index (χ3n) is 4.16. The van der Waals surface area contributed by atoms with Crippen molar-refractivity contribution in [1.29, 1.82) is 10.5 Å². The van der Waals surface area contributed by atoms with E-state index in [9.17, 15) is 5.26 Å². The molecule has 0 aliphatic carbocycles. The molecule has 116 valence electrons. The first-order chi connectivity index (χ1) is 12.3. The van der Waals surface area contributed by atoms with E-state index in [-0.39, 0.29) is 0 Å². The molecule has 0 fully saturated rings. The molecule has 0 saturated heterocycles. The van der Waals surface area contributed by atoms with Gasteiger partial charge in [-0.2, -0.15) is 10.5 Å². The lowest BCUT2D eigenvalue weighted by atomic mass is 10.00. The number of nitriles is 2. The van der Waals surface area contributed by atoms with Crippen LogP contribution in [-0.4, -0.2) is 9.55 Å². The molecule has 0 amide bonds. The van der Waals surface area contributed by atoms with E-state index in [1.54, 1.807) is 18.5 Å². The van der Waals surface area contributed by atoms with Crippen LogP contribution in [0.4, 0.5) is 0 Å². The Bertz CT molecular complexity index is 1170. The van der Waals surface area contributed by atoms with Gasteiger partial charge in [0.2, 0.25) is 0 Å². The first kappa shape index (κ1) is 14.7. The van der Waals surface area contributed by atoms with Crippen LogP contribution in [0.15, 0.2) is 73.1 Å². The maximum absolute atomic E-state index is 9.33. The van der Waals surface area contributed by atoms with Crippen molar-refractivity contribution in [2.24, 2.45) is 0 Å². The predicted octanol–water partition coefficient (Wildman–Crippen LogP) is 4.44. The lowest BCUT2D eigenvalue weighted by Gasteiger charge is -2.09. The summed E-state index contributed by atoms with van der Waals surface area (Å²) in [6.45, 7) is 0. The topological polar surface area (TPSA) is 65.4 Å². The Morgan fingerprint density at radius 1 is 0.840 bits per heavy atom. The van der Waals surface area contributed by atoms with E-state index in [1.165, 1.54) is 0 Å². The number of aromatic nitrogens is 2. The zero-order valence-electron chi connectivity index (χ0n) is 13.2. The molecule has 0 unspecified atom stereocenters. The quantitative estimate of drug-likeness (QED) is 0.548. The molecule has 3 aromatic carbocycles. The highest BCUT2D eigenvalue weighted by atomic mass is 15.0. The number of fused-ring (bicyclic) bond motifs is 1. The van der Waals surface area contributed by atoms with E-state index < -0.39 is 0 Å². The fourth-order valence-electron chi connectivity index (χ4n) is 2.94. The standard InChI is InChI=1S/C21H12N4/c22-12-15-8-9-21-20(10-15)24-14-25(21)18-6-3-5-16(11-18)19-7-2-1-4-17(19)13-23/h1-11,14H. The van der Waals surface area contributed by atoms with Crippen molar-refractivity contribution >= 4 is 11.0 Å². The lowest BCUT2D eigenvalue weighted by molar-refractivity contribution is 1.09. The zero-order valence-corrected chi connectivity index (χ0v) is 13.2. The minimum Gasteiger partial charge on any atom is -0.299 e. The fourth-order valence-corrected chi connectivity index (χ4v) is 2.94. The molecule has 0 radical (unpaired) electrons. The Hall–Kier alpha value is -3.89. The average Bonchev–Trinajstić information content (AvgIpc) is 3.11. The van der Waals surface area contributed by atoms with Crippen LogP contribution >= 0.6 is 0 Å². The number of hydrogen-bond donors (Lipinski definition) is 0. The predicted molar refractivity (Wildman–Crippen MR) is 95.9 cm³/mol. The second kappa shape index (κ2) is 5.96. The van der Waals surface area contributed by atoms with Gasteiger partial charge in [-0.3, -0.25) is 4.57 Å². The highest BCUT2D eigenvalue weighted by Crippen LogP contribution is 2.27. The molecule has 4 rings (SSSR count). The molecule has 0 N–H and O–H groups in total. The van der Waals surface area contributed by atoms with E-state index in [1.807, 2.05) is 59.2 Å². The van der Waals surface area contributed by atoms with E-state index >= 15 is 0 Å². The Balaban J connectivity index is 1.86. The highest BCUT2D eigenvalue weighted by Gasteiger charge is 2.08. The van der Waals surface area contributed by atoms with Gasteiger partial charge < -0.3 is 0 Å². The monoisotopic (exact) mass is 320 g/mol. The van der Waals surface area contributed by atoms with Gasteiger partial charge in [0.1, 0.15) is 6.33 Å². The minimum absolute atomic E-state index is 0.592. The van der Waals surface area contributed by atoms with Crippen LogP contribution in [0.5, 0.6) is 0 Å². The number of nitrogens with zero attached hydrogens (tertiary/aromatic N) is 4. The van der Waals surface area contributed by atoms with Gasteiger partial charge in [-0.15, -0.1) is 0 Å². The van der Waals surface area contributed by atoms with Gasteiger partial charge in [0.15, 0.2) is 0 Å². The van der Waals surface area contributed by atoms with E-state index in [0.717, 1.165) is 27.8 Å². The van der Waals surface area contributed by atoms with Gasteiger partial charge in [0, 0.05) is 5.69 Å². The summed E-state index contributed by atoms with van der Waals surface area (Å²) >= 11 is 0. The third-order valence-corrected chi connectivity index (χ3v) is 4.16. The fraction of sp³-hybridized carbons (Fsp3) is 0. The Labute approximate surface area is 144 Å². The zero-order chi connectivity index (χ0) is 17.2. The van der Waals surface area contributed by atoms with E-state index in [4.69, 9.17) is 5.26 Å². The molecule has 1 aromatic heterocycles. The maximum atomic E-state index is 9.33. The molecular formula is C21H12N4. The van der Waals surface area contributed by atoms with Crippen LogP contribution in [0.1, 0.15) is 11.1 Å². The van der Waals surface area contributed by atoms with Crippen LogP contribution < -0.4 is 0 Å². The third kappa shape index (κ3) is 2.52. The average molecular weight is 320 g/mol. The van der Waals surface area contributed by atoms with Crippen LogP contribution in [0.2, 0.25) is 0 Å². The molecule has 4 aromatic rings. The van der Waals surface area contributed by atoms with Crippen molar-refractivity contribution in [1.82, 2.24) is 9.55 Å². The number of rotatable bonds is 2. The molecule has 0 aliphatic heterocycles. The lowest BCUT2D eigenvalue weighted by Crippen LogP contribution is -1.93. The molecule has 4 heteroatoms. The maximum Gasteiger partial charge on any atom is 0.100 e. The van der Waals surface area contributed by atoms with Gasteiger partial charge in [-0.05, 0) is 47.5 Å². The first-order valence-corrected chi connectivity index (χ1v) is 7.77. The number of imidazole rings is 1. The molecule has 0 spiro atoms. The molecule has 1 heterocycles. The summed E-state index contributed by atoms with van der Waals surface area (Å²) in [6, 6.07) is 25.4. The first-order valence-electron chi connectivity index (χ1n) is 7.77. The van der Waals surface area contributed by atoms with Crippen LogP contribution in [0, 0.1) is 22.7 Å². The van der Waals surface area contributed by atoms with Gasteiger partial charge >= 0.3 is 0 Å². The van der Waals surface area contributed by atoms with Crippen molar-refractivity contribution in [3.63, 3.8) is 0 Å². The van der Waals surface area contributed by atoms with Crippen molar-refractivity contribution in [3.8, 4) is 29.0 Å².